The number of rotatable bonds is 24. The minimum absolute atomic E-state index is 1.19. The summed E-state index contributed by atoms with van der Waals surface area (Å²) in [5.41, 5.74) is 2.26. The van der Waals surface area contributed by atoms with Crippen molar-refractivity contribution in [1.82, 2.24) is 0 Å². The lowest BCUT2D eigenvalue weighted by molar-refractivity contribution is -0.440. The average molecular weight is 1210 g/mol. The summed E-state index contributed by atoms with van der Waals surface area (Å²) in [6, 6.07) is -11.7. The Morgan fingerprint density at radius 3 is 0.630 bits per heavy atom. The van der Waals surface area contributed by atoms with Crippen LogP contribution < -0.4 is 0 Å². The van der Waals surface area contributed by atoms with E-state index >= 15 is 26.3 Å². The predicted molar refractivity (Wildman–Crippen MR) is 172 cm³/mol. The average Bonchev–Trinajstić information content (AvgIpc) is 3.15. The molecule has 0 aliphatic heterocycles. The van der Waals surface area contributed by atoms with Gasteiger partial charge in [-0.25, -0.2) is 0 Å². The Labute approximate surface area is 382 Å². The third-order valence-electron chi connectivity index (χ3n) is 10.4. The van der Waals surface area contributed by atoms with Crippen LogP contribution in [-0.4, -0.2) is 124 Å². The van der Waals surface area contributed by atoms with Crippen molar-refractivity contribution in [3.05, 3.63) is 0 Å². The smallest absolute Gasteiger partial charge is 0.200 e. The molecule has 0 rings (SSSR count). The van der Waals surface area contributed by atoms with Crippen LogP contribution in [0.3, 0.4) is 0 Å². The molecule has 0 unspecified atom stereocenters. The maximum atomic E-state index is 15.0. The monoisotopic (exact) mass is 1210 g/mol. The third-order valence-corrected chi connectivity index (χ3v) is 16.6. The summed E-state index contributed by atoms with van der Waals surface area (Å²) < 4.78 is 540. The van der Waals surface area contributed by atoms with Crippen LogP contribution in [0.1, 0.15) is 32.1 Å². The molecule has 0 bridgehead atoms. The van der Waals surface area contributed by atoms with Gasteiger partial charge in [0.1, 0.15) is 8.07 Å². The van der Waals surface area contributed by atoms with Gasteiger partial charge in [0, 0.05) is 25.7 Å². The molecule has 436 valence electrons. The number of halogens is 39. The summed E-state index contributed by atoms with van der Waals surface area (Å²) in [5, 5.41) is 0. The number of unbranched alkanes of at least 4 members (excludes halogenated alkanes) is 1. The second kappa shape index (κ2) is 19.6. The van der Waals surface area contributed by atoms with Crippen LogP contribution in [0.15, 0.2) is 0 Å². The van der Waals surface area contributed by atoms with E-state index < -0.39 is 180 Å². The highest BCUT2D eigenvalue weighted by Gasteiger charge is 2.93. The fourth-order valence-electron chi connectivity index (χ4n) is 5.77. The molecule has 0 aromatic carbocycles. The van der Waals surface area contributed by atoms with Gasteiger partial charge in [0.05, 0.1) is 8.07 Å². The van der Waals surface area contributed by atoms with Gasteiger partial charge in [0.2, 0.25) is 0 Å². The van der Waals surface area contributed by atoms with Crippen molar-refractivity contribution in [2.24, 2.45) is 0 Å². The molecule has 0 heterocycles. The molecular weight excluding hydrogens is 1180 g/mol. The Morgan fingerprint density at radius 2 is 0.452 bits per heavy atom. The Bertz CT molecular complexity index is 1740. The fourth-order valence-corrected chi connectivity index (χ4v) is 11.4. The summed E-state index contributed by atoms with van der Waals surface area (Å²) in [6.07, 6.45) is -39.1. The van der Waals surface area contributed by atoms with Gasteiger partial charge < -0.3 is 0 Å². The van der Waals surface area contributed by atoms with E-state index in [4.69, 9.17) is 0 Å². The van der Waals surface area contributed by atoms with Gasteiger partial charge in [0.15, 0.2) is 0 Å². The molecule has 0 saturated heterocycles. The lowest BCUT2D eigenvalue weighted by atomic mass is 9.93. The molecule has 73 heavy (non-hydrogen) atoms. The van der Waals surface area contributed by atoms with E-state index in [1.165, 1.54) is 19.6 Å². The van der Waals surface area contributed by atoms with Crippen LogP contribution in [0.25, 0.3) is 0 Å². The standard InChI is InChI=1S/C32H27F39Si2/c1-72(2,3)10-5-4-6-11-73(12-7-15(33,34)18(39,40)21(45,46)24(51,52)27(57,58)30(63,64)65,13-8-16(35,36)19(41,42)22(47,48)25(53,54)28(59,60)31(66,67)68)14-9-17(37,38)20(43,44)23(49,50)26(55,56)29(61,62)32(69,70)71/h4,6-9,11-14H2,1-3H3. The topological polar surface area (TPSA) is 0 Å². The van der Waals surface area contributed by atoms with Crippen molar-refractivity contribution < 1.29 is 171 Å². The van der Waals surface area contributed by atoms with E-state index in [2.05, 4.69) is 5.54 Å². The molecule has 0 aliphatic carbocycles. The molecule has 0 fully saturated rings. The maximum absolute atomic E-state index is 15.0. The van der Waals surface area contributed by atoms with Gasteiger partial charge in [-0.15, -0.1) is 11.5 Å². The first-order chi connectivity index (χ1) is 31.1. The summed E-state index contributed by atoms with van der Waals surface area (Å²) >= 11 is 0. The lowest BCUT2D eigenvalue weighted by Crippen LogP contribution is -2.70. The first-order valence-corrected chi connectivity index (χ1v) is 24.8. The van der Waals surface area contributed by atoms with Gasteiger partial charge in [-0.2, -0.15) is 171 Å². The highest BCUT2D eigenvalue weighted by Crippen LogP contribution is 2.65. The minimum atomic E-state index is -8.85. The molecule has 0 spiro atoms. The zero-order chi connectivity index (χ0) is 59.8. The van der Waals surface area contributed by atoms with E-state index in [1.54, 1.807) is 0 Å². The molecule has 0 atom stereocenters. The minimum Gasteiger partial charge on any atom is -0.200 e. The zero-order valence-electron chi connectivity index (χ0n) is 35.1. The lowest BCUT2D eigenvalue weighted by Gasteiger charge is -2.43. The first-order valence-electron chi connectivity index (χ1n) is 18.4. The highest BCUT2D eigenvalue weighted by molar-refractivity contribution is 6.83. The quantitative estimate of drug-likeness (QED) is 0.0391. The molecule has 0 saturated carbocycles. The molecular formula is C32H27F39Si2. The summed E-state index contributed by atoms with van der Waals surface area (Å²) in [4.78, 5) is 0. The summed E-state index contributed by atoms with van der Waals surface area (Å²) in [7, 11) is -9.53. The van der Waals surface area contributed by atoms with Crippen LogP contribution in [0.4, 0.5) is 171 Å². The Kier molecular flexibility index (Phi) is 18.9. The number of hydrogen-bond acceptors (Lipinski definition) is 0. The van der Waals surface area contributed by atoms with Crippen molar-refractivity contribution in [2.75, 3.05) is 0 Å². The van der Waals surface area contributed by atoms with E-state index in [1.807, 2.05) is 5.92 Å². The van der Waals surface area contributed by atoms with E-state index in [0.29, 0.717) is 0 Å². The second-order valence-corrected chi connectivity index (χ2v) is 26.7. The van der Waals surface area contributed by atoms with Crippen LogP contribution >= 0.6 is 0 Å². The van der Waals surface area contributed by atoms with Crippen LogP contribution in [0.2, 0.25) is 43.8 Å². The molecule has 41 heteroatoms. The SMILES string of the molecule is C[Si](C)(C)C#CCCC[Si](CCC(F)(F)C(F)(F)C(F)(F)C(F)(F)C(F)(F)C(F)(F)F)(CCC(F)(F)C(F)(F)C(F)(F)C(F)(F)C(F)(F)C(F)(F)F)CCC(F)(F)C(F)(F)C(F)(F)C(F)(F)C(F)(F)C(F)(F)F. The molecule has 0 aromatic rings. The van der Waals surface area contributed by atoms with Gasteiger partial charge in [0.25, 0.3) is 0 Å². The molecule has 0 nitrogen and oxygen atoms in total. The molecule has 0 aromatic heterocycles. The number of hydrogen-bond donors (Lipinski definition) is 0. The molecule has 0 aliphatic rings. The van der Waals surface area contributed by atoms with Crippen molar-refractivity contribution in [3.8, 4) is 11.5 Å². The fraction of sp³-hybridized carbons (Fsp3) is 0.938. The van der Waals surface area contributed by atoms with Crippen molar-refractivity contribution in [2.45, 2.75) is 183 Å². The van der Waals surface area contributed by atoms with Crippen LogP contribution in [0.5, 0.6) is 0 Å². The first kappa shape index (κ1) is 70.3. The number of alkyl halides is 39. The van der Waals surface area contributed by atoms with Gasteiger partial charge >= 0.3 is 107 Å². The molecule has 0 radical (unpaired) electrons. The van der Waals surface area contributed by atoms with Gasteiger partial charge in [-0.3, -0.25) is 0 Å². The molecule has 0 amide bonds. The molecule has 0 N–H and O–H groups in total. The summed E-state index contributed by atoms with van der Waals surface area (Å²) in [5.74, 6) is -125. The Balaban J connectivity index is 8.48. The van der Waals surface area contributed by atoms with Crippen LogP contribution in [-0.2, 0) is 0 Å². The third kappa shape index (κ3) is 11.8. The van der Waals surface area contributed by atoms with Gasteiger partial charge in [-0.1, -0.05) is 43.8 Å². The van der Waals surface area contributed by atoms with E-state index in [9.17, 15) is 145 Å². The second-order valence-electron chi connectivity index (χ2n) is 16.9. The van der Waals surface area contributed by atoms with E-state index in [-0.39, 0.29) is 0 Å². The van der Waals surface area contributed by atoms with Crippen LogP contribution in [0, 0.1) is 11.5 Å². The Hall–Kier alpha value is -2.74. The van der Waals surface area contributed by atoms with Crippen molar-refractivity contribution in [1.29, 1.82) is 0 Å². The zero-order valence-corrected chi connectivity index (χ0v) is 37.1. The normalized spacial score (nSPS) is 16.5. The summed E-state index contributed by atoms with van der Waals surface area (Å²) in [6.45, 7) is 3.84. The Morgan fingerprint density at radius 1 is 0.260 bits per heavy atom. The van der Waals surface area contributed by atoms with E-state index in [0.717, 1.165) is 0 Å². The highest BCUT2D eigenvalue weighted by atomic mass is 28.3. The van der Waals surface area contributed by atoms with Crippen molar-refractivity contribution in [3.63, 3.8) is 0 Å². The predicted octanol–water partition coefficient (Wildman–Crippen LogP) is 17.5. The maximum Gasteiger partial charge on any atom is 0.460 e. The largest absolute Gasteiger partial charge is 0.460 e. The van der Waals surface area contributed by atoms with Crippen molar-refractivity contribution >= 4 is 16.1 Å². The van der Waals surface area contributed by atoms with Gasteiger partial charge in [-0.05, 0) is 6.42 Å².